The van der Waals surface area contributed by atoms with E-state index in [-0.39, 0.29) is 10.6 Å². The van der Waals surface area contributed by atoms with Crippen molar-refractivity contribution in [3.63, 3.8) is 0 Å². The summed E-state index contributed by atoms with van der Waals surface area (Å²) in [4.78, 5) is 0.264. The predicted molar refractivity (Wildman–Crippen MR) is 133 cm³/mol. The summed E-state index contributed by atoms with van der Waals surface area (Å²) in [5.74, 6) is 6.59. The fourth-order valence-corrected chi connectivity index (χ4v) is 4.53. The molecule has 0 saturated carbocycles. The molecule has 4 aromatic rings. The van der Waals surface area contributed by atoms with Crippen molar-refractivity contribution in [1.82, 2.24) is 4.31 Å². The van der Waals surface area contributed by atoms with E-state index in [1.807, 2.05) is 60.7 Å². The van der Waals surface area contributed by atoms with Gasteiger partial charge in [0.05, 0.1) is 4.90 Å². The highest BCUT2D eigenvalue weighted by atomic mass is 32.2. The first-order chi connectivity index (χ1) is 15.8. The zero-order chi connectivity index (χ0) is 23.4. The van der Waals surface area contributed by atoms with E-state index in [0.29, 0.717) is 12.8 Å². The van der Waals surface area contributed by atoms with Crippen molar-refractivity contribution in [3.8, 4) is 17.6 Å². The van der Waals surface area contributed by atoms with E-state index < -0.39 is 10.0 Å². The van der Waals surface area contributed by atoms with E-state index in [0.717, 1.165) is 33.0 Å². The molecular formula is C28H25NO3S. The molecule has 0 aliphatic rings. The minimum absolute atomic E-state index is 0.264. The van der Waals surface area contributed by atoms with E-state index in [4.69, 9.17) is 0 Å². The summed E-state index contributed by atoms with van der Waals surface area (Å²) in [6.07, 6.45) is 1.17. The zero-order valence-electron chi connectivity index (χ0n) is 18.6. The van der Waals surface area contributed by atoms with Crippen LogP contribution in [-0.4, -0.2) is 31.9 Å². The number of sulfonamides is 1. The van der Waals surface area contributed by atoms with Gasteiger partial charge in [0.2, 0.25) is 10.0 Å². The molecule has 166 valence electrons. The van der Waals surface area contributed by atoms with Crippen LogP contribution < -0.4 is 0 Å². The molecule has 0 spiro atoms. The second-order valence-electron chi connectivity index (χ2n) is 8.08. The molecule has 1 N–H and O–H groups in total. The summed E-state index contributed by atoms with van der Waals surface area (Å²) in [7, 11) is -0.403. The Hall–Kier alpha value is -3.59. The number of phenolic OH excluding ortho intramolecular Hbond substituents is 1. The van der Waals surface area contributed by atoms with Crippen LogP contribution in [0.25, 0.3) is 10.8 Å². The molecule has 33 heavy (non-hydrogen) atoms. The Labute approximate surface area is 195 Å². The summed E-state index contributed by atoms with van der Waals surface area (Å²) in [5, 5.41) is 12.6. The molecule has 0 aromatic heterocycles. The van der Waals surface area contributed by atoms with E-state index in [1.54, 1.807) is 24.3 Å². The van der Waals surface area contributed by atoms with Crippen molar-refractivity contribution in [2.75, 3.05) is 14.1 Å². The molecule has 4 nitrogen and oxygen atoms in total. The maximum absolute atomic E-state index is 12.2. The van der Waals surface area contributed by atoms with E-state index in [2.05, 4.69) is 11.8 Å². The highest BCUT2D eigenvalue weighted by Gasteiger charge is 2.16. The molecule has 0 radical (unpaired) electrons. The van der Waals surface area contributed by atoms with Crippen LogP contribution in [0, 0.1) is 11.8 Å². The van der Waals surface area contributed by atoms with Crippen LogP contribution in [0.3, 0.4) is 0 Å². The number of nitrogens with zero attached hydrogens (tertiary/aromatic N) is 1. The highest BCUT2D eigenvalue weighted by Crippen LogP contribution is 2.31. The average molecular weight is 456 g/mol. The van der Waals surface area contributed by atoms with Gasteiger partial charge in [-0.25, -0.2) is 12.7 Å². The Morgan fingerprint density at radius 3 is 2.24 bits per heavy atom. The molecule has 4 aromatic carbocycles. The summed E-state index contributed by atoms with van der Waals surface area (Å²) in [5.41, 5.74) is 3.79. The van der Waals surface area contributed by atoms with Gasteiger partial charge in [-0.3, -0.25) is 0 Å². The molecule has 0 bridgehead atoms. The Morgan fingerprint density at radius 1 is 0.848 bits per heavy atom. The van der Waals surface area contributed by atoms with Crippen molar-refractivity contribution in [3.05, 3.63) is 107 Å². The van der Waals surface area contributed by atoms with Gasteiger partial charge in [-0.15, -0.1) is 0 Å². The fourth-order valence-electron chi connectivity index (χ4n) is 3.62. The maximum atomic E-state index is 12.2. The van der Waals surface area contributed by atoms with Gasteiger partial charge in [0.1, 0.15) is 5.75 Å². The Balaban J connectivity index is 1.53. The van der Waals surface area contributed by atoms with Gasteiger partial charge in [-0.1, -0.05) is 72.5 Å². The quantitative estimate of drug-likeness (QED) is 0.432. The lowest BCUT2D eigenvalue weighted by Gasteiger charge is -2.11. The molecule has 0 aliphatic heterocycles. The largest absolute Gasteiger partial charge is 0.507 e. The van der Waals surface area contributed by atoms with Crippen molar-refractivity contribution < 1.29 is 13.5 Å². The number of hydrogen-bond acceptors (Lipinski definition) is 3. The van der Waals surface area contributed by atoms with Gasteiger partial charge >= 0.3 is 0 Å². The molecular weight excluding hydrogens is 430 g/mol. The number of aromatic hydroxyl groups is 1. The maximum Gasteiger partial charge on any atom is 0.242 e. The average Bonchev–Trinajstić information content (AvgIpc) is 2.82. The van der Waals surface area contributed by atoms with Crippen molar-refractivity contribution in [1.29, 1.82) is 0 Å². The highest BCUT2D eigenvalue weighted by molar-refractivity contribution is 7.89. The number of benzene rings is 4. The Bertz CT molecular complexity index is 1450. The van der Waals surface area contributed by atoms with Crippen molar-refractivity contribution in [2.45, 2.75) is 17.7 Å². The molecule has 0 amide bonds. The van der Waals surface area contributed by atoms with E-state index >= 15 is 0 Å². The zero-order valence-corrected chi connectivity index (χ0v) is 19.4. The van der Waals surface area contributed by atoms with Gasteiger partial charge in [0.25, 0.3) is 0 Å². The minimum atomic E-state index is -3.43. The molecule has 0 fully saturated rings. The lowest BCUT2D eigenvalue weighted by Crippen LogP contribution is -2.22. The SMILES string of the molecule is CN(C)S(=O)(=O)c1ccc(CC#Cc2ccc3ccc(Cc4ccccc4)c(O)c3c2)cc1. The second-order valence-corrected chi connectivity index (χ2v) is 10.2. The van der Waals surface area contributed by atoms with Gasteiger partial charge in [-0.05, 0) is 46.3 Å². The van der Waals surface area contributed by atoms with E-state index in [9.17, 15) is 13.5 Å². The molecule has 0 atom stereocenters. The van der Waals surface area contributed by atoms with Gasteiger partial charge in [0.15, 0.2) is 0 Å². The molecule has 5 heteroatoms. The fraction of sp³-hybridized carbons (Fsp3) is 0.143. The first kappa shape index (κ1) is 22.6. The Kier molecular flexibility index (Phi) is 6.50. The van der Waals surface area contributed by atoms with Gasteiger partial charge < -0.3 is 5.11 Å². The van der Waals surface area contributed by atoms with Gasteiger partial charge in [-0.2, -0.15) is 0 Å². The van der Waals surface area contributed by atoms with Crippen LogP contribution >= 0.6 is 0 Å². The second kappa shape index (κ2) is 9.50. The van der Waals surface area contributed by atoms with Crippen LogP contribution in [0.2, 0.25) is 0 Å². The molecule has 4 rings (SSSR count). The number of fused-ring (bicyclic) bond motifs is 1. The van der Waals surface area contributed by atoms with Gasteiger partial charge in [0, 0.05) is 37.9 Å². The summed E-state index contributed by atoms with van der Waals surface area (Å²) < 4.78 is 25.6. The Morgan fingerprint density at radius 2 is 1.55 bits per heavy atom. The standard InChI is InChI=1S/C28H25NO3S/c1-29(2)33(31,32)26-17-12-21(13-18-26)9-6-10-23-11-14-24-15-16-25(28(30)27(24)20-23)19-22-7-4-3-5-8-22/h3-5,7-8,11-18,20,30H,9,19H2,1-2H3. The molecule has 0 heterocycles. The van der Waals surface area contributed by atoms with Crippen molar-refractivity contribution >= 4 is 20.8 Å². The predicted octanol–water partition coefficient (Wildman–Crippen LogP) is 4.98. The third-order valence-electron chi connectivity index (χ3n) is 5.54. The van der Waals surface area contributed by atoms with Crippen molar-refractivity contribution in [2.24, 2.45) is 0 Å². The molecule has 0 aliphatic carbocycles. The number of rotatable bonds is 5. The van der Waals surface area contributed by atoms with E-state index in [1.165, 1.54) is 18.4 Å². The third kappa shape index (κ3) is 5.09. The third-order valence-corrected chi connectivity index (χ3v) is 7.37. The summed E-state index contributed by atoms with van der Waals surface area (Å²) >= 11 is 0. The number of phenols is 1. The molecule has 0 unspecified atom stereocenters. The van der Waals surface area contributed by atoms with Crippen LogP contribution in [0.5, 0.6) is 5.75 Å². The van der Waals surface area contributed by atoms with Crippen LogP contribution in [0.4, 0.5) is 0 Å². The monoisotopic (exact) mass is 455 g/mol. The molecule has 0 saturated heterocycles. The smallest absolute Gasteiger partial charge is 0.242 e. The van der Waals surface area contributed by atoms with Crippen LogP contribution in [0.1, 0.15) is 22.3 Å². The lowest BCUT2D eigenvalue weighted by molar-refractivity contribution is 0.476. The van der Waals surface area contributed by atoms with Crippen LogP contribution in [0.15, 0.2) is 89.8 Å². The van der Waals surface area contributed by atoms with Crippen LogP contribution in [-0.2, 0) is 22.9 Å². The first-order valence-corrected chi connectivity index (χ1v) is 12.1. The number of hydrogen-bond donors (Lipinski definition) is 1. The topological polar surface area (TPSA) is 57.6 Å². The summed E-state index contributed by atoms with van der Waals surface area (Å²) in [6.45, 7) is 0. The normalized spacial score (nSPS) is 11.4. The first-order valence-electron chi connectivity index (χ1n) is 10.6. The lowest BCUT2D eigenvalue weighted by atomic mass is 9.98. The summed E-state index contributed by atoms with van der Waals surface area (Å²) in [6, 6.07) is 26.7. The minimum Gasteiger partial charge on any atom is -0.507 e.